The highest BCUT2D eigenvalue weighted by Gasteiger charge is 2.21. The van der Waals surface area contributed by atoms with Gasteiger partial charge in [0.1, 0.15) is 0 Å². The second kappa shape index (κ2) is 8.88. The molecule has 148 valence electrons. The van der Waals surface area contributed by atoms with E-state index in [1.807, 2.05) is 0 Å². The van der Waals surface area contributed by atoms with Gasteiger partial charge in [0, 0.05) is 12.7 Å². The van der Waals surface area contributed by atoms with Gasteiger partial charge in [0.2, 0.25) is 0 Å². The Hall–Kier alpha value is -3.87. The summed E-state index contributed by atoms with van der Waals surface area (Å²) in [6, 6.07) is 16.4. The fraction of sp³-hybridized carbons (Fsp3) is 0.136. The molecular weight excluding hydrogens is 372 g/mol. The number of rotatable bonds is 6. The van der Waals surface area contributed by atoms with Crippen LogP contribution in [0, 0.1) is 0 Å². The van der Waals surface area contributed by atoms with Gasteiger partial charge in [0.05, 0.1) is 29.7 Å². The molecule has 1 N–H and O–H groups in total. The molecule has 0 saturated carbocycles. The molecule has 0 bridgehead atoms. The van der Waals surface area contributed by atoms with Gasteiger partial charge in [-0.1, -0.05) is 18.2 Å². The molecule has 7 nitrogen and oxygen atoms in total. The first kappa shape index (κ1) is 19.9. The second-order valence-electron chi connectivity index (χ2n) is 6.11. The van der Waals surface area contributed by atoms with Crippen molar-refractivity contribution in [1.82, 2.24) is 0 Å². The molecule has 1 aromatic heterocycles. The van der Waals surface area contributed by atoms with Gasteiger partial charge in [-0.3, -0.25) is 9.59 Å². The summed E-state index contributed by atoms with van der Waals surface area (Å²) >= 11 is 0. The first-order valence-corrected chi connectivity index (χ1v) is 9.00. The van der Waals surface area contributed by atoms with Crippen LogP contribution in [0.4, 0.5) is 11.4 Å². The van der Waals surface area contributed by atoms with Gasteiger partial charge >= 0.3 is 5.97 Å². The number of anilines is 2. The fourth-order valence-corrected chi connectivity index (χ4v) is 2.77. The van der Waals surface area contributed by atoms with E-state index in [-0.39, 0.29) is 18.3 Å². The number of ether oxygens (including phenoxy) is 1. The topological polar surface area (TPSA) is 88.9 Å². The van der Waals surface area contributed by atoms with E-state index in [9.17, 15) is 14.4 Å². The first-order valence-electron chi connectivity index (χ1n) is 9.00. The zero-order valence-electron chi connectivity index (χ0n) is 16.0. The molecule has 2 amide bonds. The van der Waals surface area contributed by atoms with Crippen LogP contribution in [0.3, 0.4) is 0 Å². The lowest BCUT2D eigenvalue weighted by Gasteiger charge is -2.19. The Morgan fingerprint density at radius 3 is 2.55 bits per heavy atom. The SMILES string of the molecule is CCOC(=O)c1cccc(NC(=O)c2ccccc2N(C)C(=O)c2ccco2)c1. The van der Waals surface area contributed by atoms with E-state index in [1.54, 1.807) is 68.6 Å². The number of nitrogens with one attached hydrogen (secondary N) is 1. The van der Waals surface area contributed by atoms with Crippen LogP contribution < -0.4 is 10.2 Å². The molecule has 0 fully saturated rings. The van der Waals surface area contributed by atoms with E-state index in [0.717, 1.165) is 0 Å². The summed E-state index contributed by atoms with van der Waals surface area (Å²) in [5.74, 6) is -1.09. The van der Waals surface area contributed by atoms with Crippen LogP contribution in [0.5, 0.6) is 0 Å². The first-order chi connectivity index (χ1) is 14.0. The molecule has 2 aromatic carbocycles. The van der Waals surface area contributed by atoms with Crippen molar-refractivity contribution in [2.75, 3.05) is 23.9 Å². The molecule has 29 heavy (non-hydrogen) atoms. The molecule has 0 atom stereocenters. The van der Waals surface area contributed by atoms with Crippen LogP contribution >= 0.6 is 0 Å². The fourth-order valence-electron chi connectivity index (χ4n) is 2.77. The lowest BCUT2D eigenvalue weighted by Crippen LogP contribution is -2.28. The molecule has 0 aliphatic rings. The highest BCUT2D eigenvalue weighted by Crippen LogP contribution is 2.23. The third kappa shape index (κ3) is 4.52. The minimum absolute atomic E-state index is 0.171. The van der Waals surface area contributed by atoms with Gasteiger partial charge in [-0.25, -0.2) is 4.79 Å². The minimum atomic E-state index is -0.465. The Labute approximate surface area is 167 Å². The smallest absolute Gasteiger partial charge is 0.338 e. The molecular formula is C22H20N2O5. The third-order valence-corrected chi connectivity index (χ3v) is 4.18. The number of nitrogens with zero attached hydrogens (tertiary/aromatic N) is 1. The normalized spacial score (nSPS) is 10.3. The van der Waals surface area contributed by atoms with Gasteiger partial charge in [-0.15, -0.1) is 0 Å². The Balaban J connectivity index is 1.83. The van der Waals surface area contributed by atoms with Gasteiger partial charge in [-0.2, -0.15) is 0 Å². The summed E-state index contributed by atoms with van der Waals surface area (Å²) < 4.78 is 10.1. The zero-order chi connectivity index (χ0) is 20.8. The van der Waals surface area contributed by atoms with Crippen LogP contribution in [0.15, 0.2) is 71.3 Å². The standard InChI is InChI=1S/C22H20N2O5/c1-3-28-22(27)15-8-6-9-16(14-15)23-20(25)17-10-4-5-11-18(17)24(2)21(26)19-12-7-13-29-19/h4-14H,3H2,1-2H3,(H,23,25). The largest absolute Gasteiger partial charge is 0.462 e. The molecule has 0 radical (unpaired) electrons. The van der Waals surface area contributed by atoms with Crippen LogP contribution in [0.25, 0.3) is 0 Å². The van der Waals surface area contributed by atoms with Crippen LogP contribution in [-0.2, 0) is 4.74 Å². The Bertz CT molecular complexity index is 1030. The van der Waals surface area contributed by atoms with Crippen LogP contribution in [0.2, 0.25) is 0 Å². The summed E-state index contributed by atoms with van der Waals surface area (Å²) in [4.78, 5) is 38.7. The average Bonchev–Trinajstić information content (AvgIpc) is 3.28. The van der Waals surface area contributed by atoms with Crippen molar-refractivity contribution >= 4 is 29.2 Å². The number of benzene rings is 2. The highest BCUT2D eigenvalue weighted by molar-refractivity contribution is 6.12. The molecule has 7 heteroatoms. The number of amides is 2. The van der Waals surface area contributed by atoms with E-state index < -0.39 is 11.9 Å². The molecule has 3 rings (SSSR count). The second-order valence-corrected chi connectivity index (χ2v) is 6.11. The number of para-hydroxylation sites is 1. The van der Waals surface area contributed by atoms with Gasteiger partial charge < -0.3 is 19.4 Å². The van der Waals surface area contributed by atoms with Crippen LogP contribution in [0.1, 0.15) is 38.2 Å². The van der Waals surface area contributed by atoms with Gasteiger partial charge in [0.25, 0.3) is 11.8 Å². The van der Waals surface area contributed by atoms with Crippen molar-refractivity contribution in [2.24, 2.45) is 0 Å². The lowest BCUT2D eigenvalue weighted by atomic mass is 10.1. The summed E-state index contributed by atoms with van der Waals surface area (Å²) in [7, 11) is 1.57. The van der Waals surface area contributed by atoms with Crippen LogP contribution in [-0.4, -0.2) is 31.4 Å². The van der Waals surface area contributed by atoms with E-state index >= 15 is 0 Å². The molecule has 1 heterocycles. The number of carbonyl (C=O) groups is 3. The zero-order valence-corrected chi connectivity index (χ0v) is 16.0. The summed E-state index contributed by atoms with van der Waals surface area (Å²) in [5.41, 5.74) is 1.50. The number of esters is 1. The molecule has 3 aromatic rings. The van der Waals surface area contributed by atoms with Crippen molar-refractivity contribution in [3.8, 4) is 0 Å². The minimum Gasteiger partial charge on any atom is -0.462 e. The monoisotopic (exact) mass is 392 g/mol. The quantitative estimate of drug-likeness (QED) is 0.641. The van der Waals surface area contributed by atoms with E-state index in [0.29, 0.717) is 22.5 Å². The van der Waals surface area contributed by atoms with E-state index in [1.165, 1.54) is 17.2 Å². The Morgan fingerprint density at radius 2 is 1.83 bits per heavy atom. The number of hydrogen-bond acceptors (Lipinski definition) is 5. The van der Waals surface area contributed by atoms with Crippen molar-refractivity contribution in [3.63, 3.8) is 0 Å². The van der Waals surface area contributed by atoms with E-state index in [2.05, 4.69) is 5.32 Å². The van der Waals surface area contributed by atoms with Gasteiger partial charge in [0.15, 0.2) is 5.76 Å². The summed E-state index contributed by atoms with van der Waals surface area (Å²) in [6.45, 7) is 1.99. The molecule has 0 saturated heterocycles. The van der Waals surface area contributed by atoms with Crippen molar-refractivity contribution < 1.29 is 23.5 Å². The maximum atomic E-state index is 12.9. The van der Waals surface area contributed by atoms with Gasteiger partial charge in [-0.05, 0) is 49.4 Å². The number of carbonyl (C=O) groups excluding carboxylic acids is 3. The summed E-state index contributed by atoms with van der Waals surface area (Å²) in [5, 5.41) is 2.76. The lowest BCUT2D eigenvalue weighted by molar-refractivity contribution is 0.0526. The van der Waals surface area contributed by atoms with Crippen molar-refractivity contribution in [2.45, 2.75) is 6.92 Å². The third-order valence-electron chi connectivity index (χ3n) is 4.18. The Morgan fingerprint density at radius 1 is 1.03 bits per heavy atom. The molecule has 0 spiro atoms. The molecule has 0 aliphatic carbocycles. The maximum absolute atomic E-state index is 12.9. The Kier molecular flexibility index (Phi) is 6.09. The predicted octanol–water partition coefficient (Wildman–Crippen LogP) is 3.99. The highest BCUT2D eigenvalue weighted by atomic mass is 16.5. The number of furan rings is 1. The molecule has 0 unspecified atom stereocenters. The maximum Gasteiger partial charge on any atom is 0.338 e. The molecule has 0 aliphatic heterocycles. The summed E-state index contributed by atoms with van der Waals surface area (Å²) in [6.07, 6.45) is 1.41. The predicted molar refractivity (Wildman–Crippen MR) is 108 cm³/mol. The average molecular weight is 392 g/mol. The van der Waals surface area contributed by atoms with Crippen molar-refractivity contribution in [3.05, 3.63) is 83.8 Å². The van der Waals surface area contributed by atoms with E-state index in [4.69, 9.17) is 9.15 Å². The number of hydrogen-bond donors (Lipinski definition) is 1. The van der Waals surface area contributed by atoms with Crippen molar-refractivity contribution in [1.29, 1.82) is 0 Å².